The lowest BCUT2D eigenvalue weighted by atomic mass is 10.2. The Labute approximate surface area is 188 Å². The number of halogens is 2. The summed E-state index contributed by atoms with van der Waals surface area (Å²) >= 11 is 2.91. The van der Waals surface area contributed by atoms with Gasteiger partial charge in [0.15, 0.2) is 11.5 Å². The molecule has 0 atom stereocenters. The van der Waals surface area contributed by atoms with Crippen LogP contribution in [0.4, 0.5) is 8.78 Å². The summed E-state index contributed by atoms with van der Waals surface area (Å²) in [7, 11) is 1.33. The van der Waals surface area contributed by atoms with E-state index in [9.17, 15) is 18.4 Å². The first-order valence-electron chi connectivity index (χ1n) is 9.35. The molecule has 32 heavy (non-hydrogen) atoms. The van der Waals surface area contributed by atoms with Crippen molar-refractivity contribution in [3.05, 3.63) is 63.3 Å². The van der Waals surface area contributed by atoms with E-state index in [1.54, 1.807) is 6.07 Å². The minimum absolute atomic E-state index is 0.0965. The highest BCUT2D eigenvalue weighted by Crippen LogP contribution is 2.33. The van der Waals surface area contributed by atoms with Crippen molar-refractivity contribution in [3.8, 4) is 21.9 Å². The van der Waals surface area contributed by atoms with E-state index in [0.717, 1.165) is 10.4 Å². The van der Waals surface area contributed by atoms with E-state index in [2.05, 4.69) is 15.0 Å². The van der Waals surface area contributed by atoms with Crippen LogP contribution in [0.15, 0.2) is 52.2 Å². The molecule has 0 saturated carbocycles. The van der Waals surface area contributed by atoms with Crippen LogP contribution in [0.2, 0.25) is 0 Å². The van der Waals surface area contributed by atoms with E-state index in [-0.39, 0.29) is 30.1 Å². The molecule has 0 aliphatic heterocycles. The number of hydrogen-bond acceptors (Lipinski definition) is 7. The smallest absolute Gasteiger partial charge is 0.387 e. The monoisotopic (exact) mass is 477 g/mol. The number of hydrogen-bond donors (Lipinski definition) is 1. The molecule has 0 fully saturated rings. The molecule has 0 spiro atoms. The van der Waals surface area contributed by atoms with Gasteiger partial charge in [0.2, 0.25) is 5.91 Å². The number of carbonyl (C=O) groups excluding carboxylic acids is 1. The van der Waals surface area contributed by atoms with Crippen LogP contribution < -0.4 is 20.3 Å². The third-order valence-electron chi connectivity index (χ3n) is 4.60. The second kappa shape index (κ2) is 9.45. The summed E-state index contributed by atoms with van der Waals surface area (Å²) in [6, 6.07) is 8.22. The molecule has 0 bridgehead atoms. The molecule has 0 radical (unpaired) electrons. The van der Waals surface area contributed by atoms with Crippen LogP contribution in [-0.4, -0.2) is 29.2 Å². The number of nitrogens with one attached hydrogen (secondary N) is 1. The lowest BCUT2D eigenvalue weighted by Crippen LogP contribution is -2.32. The summed E-state index contributed by atoms with van der Waals surface area (Å²) in [6.45, 7) is -3.05. The van der Waals surface area contributed by atoms with Gasteiger partial charge in [-0.15, -0.1) is 22.7 Å². The Morgan fingerprint density at radius 1 is 1.25 bits per heavy atom. The minimum atomic E-state index is -2.97. The predicted octanol–water partition coefficient (Wildman–Crippen LogP) is 4.11. The number of thiophene rings is 2. The van der Waals surface area contributed by atoms with Gasteiger partial charge in [-0.2, -0.15) is 8.78 Å². The number of fused-ring (bicyclic) bond motifs is 1. The van der Waals surface area contributed by atoms with Crippen molar-refractivity contribution in [2.24, 2.45) is 0 Å². The maximum absolute atomic E-state index is 13.0. The van der Waals surface area contributed by atoms with Crippen molar-refractivity contribution in [1.29, 1.82) is 0 Å². The van der Waals surface area contributed by atoms with Gasteiger partial charge in [0.05, 0.1) is 18.8 Å². The molecule has 0 aliphatic rings. The number of nitrogens with zero attached hydrogens (tertiary/aromatic N) is 2. The fourth-order valence-electron chi connectivity index (χ4n) is 3.12. The van der Waals surface area contributed by atoms with Crippen molar-refractivity contribution in [2.45, 2.75) is 19.7 Å². The molecule has 0 unspecified atom stereocenters. The quantitative estimate of drug-likeness (QED) is 0.413. The Hall–Kier alpha value is -3.31. The second-order valence-corrected chi connectivity index (χ2v) is 8.43. The number of amides is 1. The number of ether oxygens (including phenoxy) is 2. The van der Waals surface area contributed by atoms with Crippen LogP contribution in [-0.2, 0) is 17.9 Å². The van der Waals surface area contributed by atoms with E-state index in [0.29, 0.717) is 15.8 Å². The number of carbonyl (C=O) groups is 1. The highest BCUT2D eigenvalue weighted by atomic mass is 32.1. The number of methoxy groups -OCH3 is 1. The molecule has 3 aromatic heterocycles. The third kappa shape index (κ3) is 4.63. The van der Waals surface area contributed by atoms with Gasteiger partial charge in [0.1, 0.15) is 11.4 Å². The minimum Gasteiger partial charge on any atom is -0.493 e. The summed E-state index contributed by atoms with van der Waals surface area (Å²) in [5.41, 5.74) is 1.14. The number of aromatic nitrogens is 2. The Morgan fingerprint density at radius 3 is 2.81 bits per heavy atom. The van der Waals surface area contributed by atoms with Gasteiger partial charge in [0, 0.05) is 22.4 Å². The van der Waals surface area contributed by atoms with Crippen LogP contribution in [0.3, 0.4) is 0 Å². The van der Waals surface area contributed by atoms with Crippen molar-refractivity contribution < 1.29 is 23.0 Å². The maximum atomic E-state index is 13.0. The summed E-state index contributed by atoms with van der Waals surface area (Å²) < 4.78 is 35.6. The summed E-state index contributed by atoms with van der Waals surface area (Å²) in [5, 5.41) is 7.02. The van der Waals surface area contributed by atoms with E-state index in [4.69, 9.17) is 4.74 Å². The zero-order chi connectivity index (χ0) is 22.7. The highest BCUT2D eigenvalue weighted by molar-refractivity contribution is 7.18. The summed E-state index contributed by atoms with van der Waals surface area (Å²) in [6.07, 6.45) is 1.36. The van der Waals surface area contributed by atoms with Gasteiger partial charge in [-0.3, -0.25) is 14.2 Å². The number of alkyl halides is 2. The topological polar surface area (TPSA) is 82.5 Å². The fraction of sp³-hybridized carbons (Fsp3) is 0.190. The zero-order valence-corrected chi connectivity index (χ0v) is 18.3. The highest BCUT2D eigenvalue weighted by Gasteiger charge is 2.16. The first-order chi connectivity index (χ1) is 15.5. The number of rotatable bonds is 8. The molecule has 4 rings (SSSR count). The van der Waals surface area contributed by atoms with Crippen molar-refractivity contribution in [2.75, 3.05) is 7.11 Å². The molecule has 1 amide bonds. The SMILES string of the molecule is COc1cc(CNC(=O)Cn2cnc3scc(-c4cccs4)c3c2=O)ccc1OC(F)F. The van der Waals surface area contributed by atoms with Crippen LogP contribution in [0.1, 0.15) is 5.56 Å². The van der Waals surface area contributed by atoms with Gasteiger partial charge in [-0.1, -0.05) is 12.1 Å². The van der Waals surface area contributed by atoms with Gasteiger partial charge in [-0.25, -0.2) is 4.98 Å². The van der Waals surface area contributed by atoms with Gasteiger partial charge in [0.25, 0.3) is 5.56 Å². The molecular weight excluding hydrogens is 460 g/mol. The molecule has 0 saturated heterocycles. The first-order valence-corrected chi connectivity index (χ1v) is 11.1. The zero-order valence-electron chi connectivity index (χ0n) is 16.7. The molecule has 3 heterocycles. The van der Waals surface area contributed by atoms with E-state index in [1.807, 2.05) is 22.9 Å². The molecule has 1 aromatic carbocycles. The van der Waals surface area contributed by atoms with E-state index in [1.165, 1.54) is 52.8 Å². The predicted molar refractivity (Wildman–Crippen MR) is 119 cm³/mol. The Balaban J connectivity index is 1.47. The van der Waals surface area contributed by atoms with E-state index >= 15 is 0 Å². The standard InChI is InChI=1S/C21H17F2N3O4S2/c1-29-15-7-12(4-5-14(15)30-21(22)23)8-24-17(27)9-26-11-25-19-18(20(26)28)13(10-32-19)16-3-2-6-31-16/h2-7,10-11,21H,8-9H2,1H3,(H,24,27). The van der Waals surface area contributed by atoms with Crippen molar-refractivity contribution in [3.63, 3.8) is 0 Å². The van der Waals surface area contributed by atoms with Gasteiger partial charge in [-0.05, 0) is 29.1 Å². The molecule has 11 heteroatoms. The second-order valence-electron chi connectivity index (χ2n) is 6.62. The first kappa shape index (κ1) is 21.9. The Morgan fingerprint density at radius 2 is 2.09 bits per heavy atom. The molecular formula is C21H17F2N3O4S2. The normalized spacial score (nSPS) is 11.1. The van der Waals surface area contributed by atoms with Crippen LogP contribution >= 0.6 is 22.7 Å². The maximum Gasteiger partial charge on any atom is 0.387 e. The summed E-state index contributed by atoms with van der Waals surface area (Å²) in [5.74, 6) is -0.365. The molecule has 1 N–H and O–H groups in total. The molecule has 7 nitrogen and oxygen atoms in total. The third-order valence-corrected chi connectivity index (χ3v) is 6.38. The Bertz CT molecular complexity index is 1300. The lowest BCUT2D eigenvalue weighted by molar-refractivity contribution is -0.121. The molecule has 4 aromatic rings. The summed E-state index contributed by atoms with van der Waals surface area (Å²) in [4.78, 5) is 31.3. The Kier molecular flexibility index (Phi) is 6.47. The average Bonchev–Trinajstić information content (AvgIpc) is 3.44. The van der Waals surface area contributed by atoms with Gasteiger partial charge < -0.3 is 14.8 Å². The van der Waals surface area contributed by atoms with E-state index < -0.39 is 12.5 Å². The largest absolute Gasteiger partial charge is 0.493 e. The molecule has 0 aliphatic carbocycles. The van der Waals surface area contributed by atoms with Crippen molar-refractivity contribution >= 4 is 38.8 Å². The molecule has 166 valence electrons. The fourth-order valence-corrected chi connectivity index (χ4v) is 4.84. The van der Waals surface area contributed by atoms with Crippen LogP contribution in [0.25, 0.3) is 20.7 Å². The average molecular weight is 478 g/mol. The van der Waals surface area contributed by atoms with Crippen LogP contribution in [0, 0.1) is 0 Å². The van der Waals surface area contributed by atoms with Gasteiger partial charge >= 0.3 is 6.61 Å². The van der Waals surface area contributed by atoms with Crippen LogP contribution in [0.5, 0.6) is 11.5 Å². The van der Waals surface area contributed by atoms with Crippen molar-refractivity contribution in [1.82, 2.24) is 14.9 Å². The number of benzene rings is 1. The lowest BCUT2D eigenvalue weighted by Gasteiger charge is -2.12.